The van der Waals surface area contributed by atoms with E-state index in [1.54, 1.807) is 18.2 Å². The van der Waals surface area contributed by atoms with Gasteiger partial charge in [0.2, 0.25) is 0 Å². The van der Waals surface area contributed by atoms with Crippen molar-refractivity contribution in [2.75, 3.05) is 12.3 Å². The van der Waals surface area contributed by atoms with Crippen LogP contribution in [0.3, 0.4) is 0 Å². The highest BCUT2D eigenvalue weighted by Crippen LogP contribution is 2.30. The van der Waals surface area contributed by atoms with Crippen molar-refractivity contribution in [2.24, 2.45) is 5.92 Å². The minimum absolute atomic E-state index is 0.638. The monoisotopic (exact) mass is 211 g/mol. The summed E-state index contributed by atoms with van der Waals surface area (Å²) in [6, 6.07) is 5.33. The molecule has 0 aromatic heterocycles. The van der Waals surface area contributed by atoms with E-state index in [4.69, 9.17) is 22.1 Å². The van der Waals surface area contributed by atoms with E-state index in [-0.39, 0.29) is 0 Å². The standard InChI is InChI=1S/C11H14ClNO/c12-10-5-4-9(13)6-11(10)14-7-8-2-1-3-8/h4-6,8H,1-3,7,13H2. The predicted octanol–water partition coefficient (Wildman–Crippen LogP) is 3.10. The van der Waals surface area contributed by atoms with Crippen molar-refractivity contribution >= 4 is 17.3 Å². The predicted molar refractivity (Wildman–Crippen MR) is 58.7 cm³/mol. The number of benzene rings is 1. The second kappa shape index (κ2) is 4.09. The van der Waals surface area contributed by atoms with Crippen LogP contribution < -0.4 is 10.5 Å². The fourth-order valence-electron chi connectivity index (χ4n) is 1.50. The molecule has 3 heteroatoms. The maximum absolute atomic E-state index is 5.96. The SMILES string of the molecule is Nc1ccc(Cl)c(OCC2CCC2)c1. The van der Waals surface area contributed by atoms with Gasteiger partial charge in [-0.15, -0.1) is 0 Å². The van der Waals surface area contributed by atoms with Crippen LogP contribution in [0.2, 0.25) is 5.02 Å². The zero-order chi connectivity index (χ0) is 9.97. The molecule has 0 unspecified atom stereocenters. The van der Waals surface area contributed by atoms with Crippen molar-refractivity contribution in [3.05, 3.63) is 23.2 Å². The fourth-order valence-corrected chi connectivity index (χ4v) is 1.67. The van der Waals surface area contributed by atoms with Gasteiger partial charge in [0.05, 0.1) is 11.6 Å². The molecule has 1 aromatic carbocycles. The van der Waals surface area contributed by atoms with Crippen molar-refractivity contribution in [2.45, 2.75) is 19.3 Å². The summed E-state index contributed by atoms with van der Waals surface area (Å²) in [5.74, 6) is 1.42. The molecular formula is C11H14ClNO. The third kappa shape index (κ3) is 2.13. The van der Waals surface area contributed by atoms with E-state index in [2.05, 4.69) is 0 Å². The van der Waals surface area contributed by atoms with Gasteiger partial charge in [0.1, 0.15) is 5.75 Å². The lowest BCUT2D eigenvalue weighted by molar-refractivity contribution is 0.181. The Bertz CT molecular complexity index is 323. The lowest BCUT2D eigenvalue weighted by Crippen LogP contribution is -2.19. The highest BCUT2D eigenvalue weighted by molar-refractivity contribution is 6.32. The van der Waals surface area contributed by atoms with E-state index >= 15 is 0 Å². The van der Waals surface area contributed by atoms with Crippen LogP contribution >= 0.6 is 11.6 Å². The first-order chi connectivity index (χ1) is 6.75. The summed E-state index contributed by atoms with van der Waals surface area (Å²) in [7, 11) is 0. The van der Waals surface area contributed by atoms with E-state index in [0.717, 1.165) is 6.61 Å². The molecule has 1 saturated carbocycles. The molecule has 1 aliphatic carbocycles. The van der Waals surface area contributed by atoms with E-state index in [1.807, 2.05) is 0 Å². The highest BCUT2D eigenvalue weighted by atomic mass is 35.5. The molecule has 0 amide bonds. The molecule has 0 spiro atoms. The molecule has 2 N–H and O–H groups in total. The molecule has 0 atom stereocenters. The highest BCUT2D eigenvalue weighted by Gasteiger charge is 2.18. The largest absolute Gasteiger partial charge is 0.492 e. The number of anilines is 1. The number of ether oxygens (including phenoxy) is 1. The zero-order valence-corrected chi connectivity index (χ0v) is 8.76. The van der Waals surface area contributed by atoms with Crippen LogP contribution in [0.25, 0.3) is 0 Å². The molecule has 0 aliphatic heterocycles. The molecule has 1 aromatic rings. The second-order valence-electron chi connectivity index (χ2n) is 3.80. The first kappa shape index (κ1) is 9.66. The van der Waals surface area contributed by atoms with Gasteiger partial charge >= 0.3 is 0 Å². The van der Waals surface area contributed by atoms with E-state index < -0.39 is 0 Å². The third-order valence-electron chi connectivity index (χ3n) is 2.65. The molecule has 0 bridgehead atoms. The Labute approximate surface area is 89.0 Å². The molecule has 0 heterocycles. The van der Waals surface area contributed by atoms with Gasteiger partial charge in [-0.3, -0.25) is 0 Å². The molecule has 0 radical (unpaired) electrons. The summed E-state index contributed by atoms with van der Waals surface area (Å²) in [6.45, 7) is 0.767. The van der Waals surface area contributed by atoms with Crippen molar-refractivity contribution in [3.8, 4) is 5.75 Å². The van der Waals surface area contributed by atoms with Gasteiger partial charge in [0.25, 0.3) is 0 Å². The number of hydrogen-bond donors (Lipinski definition) is 1. The number of nitrogen functional groups attached to an aromatic ring is 1. The minimum atomic E-state index is 0.638. The van der Waals surface area contributed by atoms with Gasteiger partial charge in [-0.05, 0) is 30.9 Å². The molecule has 76 valence electrons. The van der Waals surface area contributed by atoms with Crippen LogP contribution in [0.4, 0.5) is 5.69 Å². The van der Waals surface area contributed by atoms with Crippen LogP contribution in [0.15, 0.2) is 18.2 Å². The van der Waals surface area contributed by atoms with Crippen LogP contribution in [-0.4, -0.2) is 6.61 Å². The summed E-state index contributed by atoms with van der Waals surface area (Å²) in [6.07, 6.45) is 3.89. The smallest absolute Gasteiger partial charge is 0.139 e. The summed E-state index contributed by atoms with van der Waals surface area (Å²) < 4.78 is 5.61. The first-order valence-electron chi connectivity index (χ1n) is 4.93. The van der Waals surface area contributed by atoms with E-state index in [9.17, 15) is 0 Å². The number of nitrogens with two attached hydrogens (primary N) is 1. The average Bonchev–Trinajstić information content (AvgIpc) is 2.08. The molecule has 14 heavy (non-hydrogen) atoms. The Morgan fingerprint density at radius 2 is 2.21 bits per heavy atom. The van der Waals surface area contributed by atoms with Gasteiger partial charge < -0.3 is 10.5 Å². The lowest BCUT2D eigenvalue weighted by atomic mass is 9.86. The topological polar surface area (TPSA) is 35.2 Å². The van der Waals surface area contributed by atoms with Crippen molar-refractivity contribution in [3.63, 3.8) is 0 Å². The fraction of sp³-hybridized carbons (Fsp3) is 0.455. The Kier molecular flexibility index (Phi) is 2.82. The molecule has 1 aliphatic rings. The Morgan fingerprint density at radius 3 is 2.86 bits per heavy atom. The van der Waals surface area contributed by atoms with Gasteiger partial charge in [0.15, 0.2) is 0 Å². The Hall–Kier alpha value is -0.890. The summed E-state index contributed by atoms with van der Waals surface area (Å²) >= 11 is 5.96. The minimum Gasteiger partial charge on any atom is -0.492 e. The second-order valence-corrected chi connectivity index (χ2v) is 4.20. The Morgan fingerprint density at radius 1 is 1.43 bits per heavy atom. The average molecular weight is 212 g/mol. The van der Waals surface area contributed by atoms with E-state index in [0.29, 0.717) is 22.4 Å². The van der Waals surface area contributed by atoms with Gasteiger partial charge in [-0.1, -0.05) is 18.0 Å². The lowest BCUT2D eigenvalue weighted by Gasteiger charge is -2.25. The van der Waals surface area contributed by atoms with E-state index in [1.165, 1.54) is 19.3 Å². The van der Waals surface area contributed by atoms with Crippen molar-refractivity contribution in [1.82, 2.24) is 0 Å². The Balaban J connectivity index is 1.96. The van der Waals surface area contributed by atoms with Crippen molar-refractivity contribution < 1.29 is 4.74 Å². The number of rotatable bonds is 3. The maximum Gasteiger partial charge on any atom is 0.139 e. The first-order valence-corrected chi connectivity index (χ1v) is 5.31. The van der Waals surface area contributed by atoms with Gasteiger partial charge in [0, 0.05) is 11.8 Å². The zero-order valence-electron chi connectivity index (χ0n) is 8.00. The van der Waals surface area contributed by atoms with Crippen LogP contribution in [0.5, 0.6) is 5.75 Å². The molecule has 2 rings (SSSR count). The quantitative estimate of drug-likeness (QED) is 0.780. The van der Waals surface area contributed by atoms with Gasteiger partial charge in [-0.2, -0.15) is 0 Å². The molecule has 0 saturated heterocycles. The molecular weight excluding hydrogens is 198 g/mol. The maximum atomic E-state index is 5.96. The summed E-state index contributed by atoms with van der Waals surface area (Å²) in [4.78, 5) is 0. The molecule has 1 fully saturated rings. The summed E-state index contributed by atoms with van der Waals surface area (Å²) in [5.41, 5.74) is 6.33. The van der Waals surface area contributed by atoms with Crippen LogP contribution in [0.1, 0.15) is 19.3 Å². The third-order valence-corrected chi connectivity index (χ3v) is 2.97. The van der Waals surface area contributed by atoms with Gasteiger partial charge in [-0.25, -0.2) is 0 Å². The number of halogens is 1. The van der Waals surface area contributed by atoms with Crippen molar-refractivity contribution in [1.29, 1.82) is 0 Å². The van der Waals surface area contributed by atoms with Crippen LogP contribution in [-0.2, 0) is 0 Å². The number of hydrogen-bond acceptors (Lipinski definition) is 2. The summed E-state index contributed by atoms with van der Waals surface area (Å²) in [5, 5.41) is 0.638. The van der Waals surface area contributed by atoms with Crippen LogP contribution in [0, 0.1) is 5.92 Å². The molecule has 2 nitrogen and oxygen atoms in total. The normalized spacial score (nSPS) is 16.4.